The van der Waals surface area contributed by atoms with E-state index in [-0.39, 0.29) is 11.6 Å². The van der Waals surface area contributed by atoms with Gasteiger partial charge in [-0.2, -0.15) is 10.1 Å². The van der Waals surface area contributed by atoms with E-state index in [2.05, 4.69) is 26.8 Å². The normalized spacial score (nSPS) is 16.1. The van der Waals surface area contributed by atoms with Gasteiger partial charge in [0.2, 0.25) is 5.13 Å². The number of hydrogen-bond acceptors (Lipinski definition) is 8. The van der Waals surface area contributed by atoms with Crippen molar-refractivity contribution in [1.29, 1.82) is 0 Å². The third-order valence-corrected chi connectivity index (χ3v) is 6.91. The maximum atomic E-state index is 13.2. The predicted molar refractivity (Wildman–Crippen MR) is 135 cm³/mol. The van der Waals surface area contributed by atoms with E-state index in [4.69, 9.17) is 0 Å². The van der Waals surface area contributed by atoms with Crippen molar-refractivity contribution in [1.82, 2.24) is 20.1 Å². The zero-order valence-electron chi connectivity index (χ0n) is 17.5. The molecule has 0 bridgehead atoms. The number of aromatic nitrogens is 3. The lowest BCUT2D eigenvalue weighted by atomic mass is 10.1. The van der Waals surface area contributed by atoms with E-state index in [9.17, 15) is 14.9 Å². The number of aliphatic imine (C=N–C) groups is 1. The van der Waals surface area contributed by atoms with Gasteiger partial charge in [-0.15, -0.1) is 6.58 Å². The minimum Gasteiger partial charge on any atom is -0.282 e. The summed E-state index contributed by atoms with van der Waals surface area (Å²) in [6, 6.07) is 14.0. The van der Waals surface area contributed by atoms with Crippen molar-refractivity contribution in [3.05, 3.63) is 88.0 Å². The molecule has 0 saturated carbocycles. The molecule has 1 aliphatic rings. The molecule has 0 aliphatic carbocycles. The summed E-state index contributed by atoms with van der Waals surface area (Å²) in [7, 11) is 0. The number of nitrogens with zero attached hydrogens (tertiary/aromatic N) is 5. The molecule has 168 valence electrons. The molecular formula is C23H16N6O3S2. The van der Waals surface area contributed by atoms with Crippen LogP contribution in [0.25, 0.3) is 27.6 Å². The number of para-hydroxylation sites is 1. The van der Waals surface area contributed by atoms with Crippen LogP contribution in [0.2, 0.25) is 0 Å². The maximum Gasteiger partial charge on any atom is 0.270 e. The van der Waals surface area contributed by atoms with Gasteiger partial charge in [-0.05, 0) is 30.0 Å². The van der Waals surface area contributed by atoms with Crippen LogP contribution >= 0.6 is 23.1 Å². The monoisotopic (exact) mass is 488 g/mol. The number of nitro benzene ring substituents is 1. The lowest BCUT2D eigenvalue weighted by Gasteiger charge is -2.11. The molecule has 9 nitrogen and oxygen atoms in total. The fourth-order valence-electron chi connectivity index (χ4n) is 3.42. The first kappa shape index (κ1) is 21.7. The first-order chi connectivity index (χ1) is 16.5. The summed E-state index contributed by atoms with van der Waals surface area (Å²) in [5.74, 6) is -0.212. The zero-order chi connectivity index (χ0) is 23.7. The fourth-order valence-corrected chi connectivity index (χ4v) is 5.30. The molecule has 0 unspecified atom stereocenters. The molecule has 5 rings (SSSR count). The number of nitro groups is 1. The number of benzene rings is 2. The highest BCUT2D eigenvalue weighted by Gasteiger charge is 2.33. The van der Waals surface area contributed by atoms with Crippen LogP contribution in [-0.4, -0.2) is 42.6 Å². The number of carbonyl (C=O) groups excluding carboxylic acids is 1. The Morgan fingerprint density at radius 2 is 2.09 bits per heavy atom. The van der Waals surface area contributed by atoms with E-state index in [1.807, 2.05) is 24.3 Å². The number of carbonyl (C=O) groups is 1. The molecular weight excluding hydrogens is 472 g/mol. The van der Waals surface area contributed by atoms with Gasteiger partial charge in [0.05, 0.1) is 31.9 Å². The first-order valence-electron chi connectivity index (χ1n) is 10.1. The molecule has 2 aromatic carbocycles. The molecule has 3 heterocycles. The first-order valence-corrected chi connectivity index (χ1v) is 11.7. The minimum absolute atomic E-state index is 0.0283. The van der Waals surface area contributed by atoms with Crippen LogP contribution in [0, 0.1) is 10.1 Å². The SMILES string of the molecule is C=CCN1C(=O)/C(=C/c2cn[nH]c2-c2cccc([N+](=O)[O-])c2)S/C1=N/c1nc2ccccc2s1. The summed E-state index contributed by atoms with van der Waals surface area (Å²) in [6.07, 6.45) is 4.93. The van der Waals surface area contributed by atoms with Gasteiger partial charge >= 0.3 is 0 Å². The number of amides is 1. The lowest BCUT2D eigenvalue weighted by molar-refractivity contribution is -0.384. The molecule has 0 radical (unpaired) electrons. The number of aromatic amines is 1. The molecule has 1 amide bonds. The van der Waals surface area contributed by atoms with Crippen LogP contribution in [0.1, 0.15) is 5.56 Å². The molecule has 11 heteroatoms. The van der Waals surface area contributed by atoms with Crippen molar-refractivity contribution in [2.45, 2.75) is 0 Å². The fraction of sp³-hybridized carbons (Fsp3) is 0.0435. The lowest BCUT2D eigenvalue weighted by Crippen LogP contribution is -2.29. The quantitative estimate of drug-likeness (QED) is 0.168. The van der Waals surface area contributed by atoms with Crippen LogP contribution in [0.4, 0.5) is 10.8 Å². The van der Waals surface area contributed by atoms with E-state index in [1.165, 1.54) is 35.2 Å². The zero-order valence-corrected chi connectivity index (χ0v) is 19.2. The number of thiazole rings is 1. The number of rotatable bonds is 6. The Morgan fingerprint density at radius 1 is 1.24 bits per heavy atom. The Kier molecular flexibility index (Phi) is 5.78. The number of fused-ring (bicyclic) bond motifs is 1. The van der Waals surface area contributed by atoms with Crippen LogP contribution < -0.4 is 0 Å². The van der Waals surface area contributed by atoms with E-state index in [0.29, 0.717) is 38.6 Å². The third-order valence-electron chi connectivity index (χ3n) is 4.97. The van der Waals surface area contributed by atoms with Gasteiger partial charge in [-0.25, -0.2) is 4.98 Å². The van der Waals surface area contributed by atoms with Gasteiger partial charge in [0.1, 0.15) is 0 Å². The largest absolute Gasteiger partial charge is 0.282 e. The van der Waals surface area contributed by atoms with Crippen LogP contribution in [0.15, 0.2) is 77.3 Å². The molecule has 4 aromatic rings. The Balaban J connectivity index is 1.50. The van der Waals surface area contributed by atoms with Gasteiger partial charge in [-0.3, -0.25) is 24.9 Å². The number of thioether (sulfide) groups is 1. The number of nitrogens with one attached hydrogen (secondary N) is 1. The van der Waals surface area contributed by atoms with Gasteiger partial charge in [-0.1, -0.05) is 41.7 Å². The maximum absolute atomic E-state index is 13.2. The number of amidine groups is 1. The van der Waals surface area contributed by atoms with E-state index in [1.54, 1.807) is 35.4 Å². The smallest absolute Gasteiger partial charge is 0.270 e. The molecule has 1 fully saturated rings. The van der Waals surface area contributed by atoms with Gasteiger partial charge < -0.3 is 0 Å². The summed E-state index contributed by atoms with van der Waals surface area (Å²) in [5.41, 5.74) is 2.64. The second-order valence-corrected chi connectivity index (χ2v) is 9.20. The van der Waals surface area contributed by atoms with Crippen molar-refractivity contribution >= 4 is 61.3 Å². The molecule has 2 aromatic heterocycles. The Hall–Kier alpha value is -4.09. The molecule has 34 heavy (non-hydrogen) atoms. The van der Waals surface area contributed by atoms with Crippen molar-refractivity contribution in [3.8, 4) is 11.3 Å². The van der Waals surface area contributed by atoms with E-state index in [0.717, 1.165) is 10.2 Å². The van der Waals surface area contributed by atoms with Gasteiger partial charge in [0.25, 0.3) is 11.6 Å². The van der Waals surface area contributed by atoms with Crippen LogP contribution in [0.5, 0.6) is 0 Å². The third kappa shape index (κ3) is 4.14. The predicted octanol–water partition coefficient (Wildman–Crippen LogP) is 5.38. The second-order valence-electron chi connectivity index (χ2n) is 7.18. The van der Waals surface area contributed by atoms with E-state index >= 15 is 0 Å². The highest BCUT2D eigenvalue weighted by atomic mass is 32.2. The molecule has 0 atom stereocenters. The van der Waals surface area contributed by atoms with Crippen molar-refractivity contribution in [2.75, 3.05) is 6.54 Å². The van der Waals surface area contributed by atoms with Crippen molar-refractivity contribution < 1.29 is 9.72 Å². The van der Waals surface area contributed by atoms with E-state index < -0.39 is 4.92 Å². The average molecular weight is 489 g/mol. The van der Waals surface area contributed by atoms with Crippen molar-refractivity contribution in [2.24, 2.45) is 4.99 Å². The average Bonchev–Trinajstić information content (AvgIpc) is 3.54. The van der Waals surface area contributed by atoms with Crippen molar-refractivity contribution in [3.63, 3.8) is 0 Å². The number of non-ortho nitro benzene ring substituents is 1. The van der Waals surface area contributed by atoms with Gasteiger partial charge in [0, 0.05) is 29.8 Å². The second kappa shape index (κ2) is 9.04. The standard InChI is InChI=1S/C23H16N6O3S2/c1-2-10-28-21(30)19(34-23(28)26-22-25-17-8-3-4-9-18(17)33-22)12-15-13-24-27-20(15)14-6-5-7-16(11-14)29(31)32/h2-9,11-13H,1,10H2,(H,24,27)/b19-12-,26-23+. The molecule has 1 saturated heterocycles. The summed E-state index contributed by atoms with van der Waals surface area (Å²) < 4.78 is 1.02. The minimum atomic E-state index is -0.452. The topological polar surface area (TPSA) is 117 Å². The summed E-state index contributed by atoms with van der Waals surface area (Å²) >= 11 is 2.69. The number of hydrogen-bond donors (Lipinski definition) is 1. The van der Waals surface area contributed by atoms with Gasteiger partial charge in [0.15, 0.2) is 5.17 Å². The Bertz CT molecular complexity index is 1470. The summed E-state index contributed by atoms with van der Waals surface area (Å²) in [4.78, 5) is 35.0. The van der Waals surface area contributed by atoms with Crippen LogP contribution in [-0.2, 0) is 4.79 Å². The molecule has 1 N–H and O–H groups in total. The van der Waals surface area contributed by atoms with Crippen LogP contribution in [0.3, 0.4) is 0 Å². The Morgan fingerprint density at radius 3 is 2.88 bits per heavy atom. The highest BCUT2D eigenvalue weighted by molar-refractivity contribution is 8.18. The Labute approximate surface area is 201 Å². The molecule has 1 aliphatic heterocycles. The summed E-state index contributed by atoms with van der Waals surface area (Å²) in [6.45, 7) is 4.05. The summed E-state index contributed by atoms with van der Waals surface area (Å²) in [5, 5.41) is 19.2. The highest BCUT2D eigenvalue weighted by Crippen LogP contribution is 2.37. The number of H-pyrrole nitrogens is 1. The molecule has 0 spiro atoms.